The Morgan fingerprint density at radius 2 is 1.70 bits per heavy atom. The summed E-state index contributed by atoms with van der Waals surface area (Å²) < 4.78 is 34.6. The molecule has 0 radical (unpaired) electrons. The number of hydrogen-bond acceptors (Lipinski definition) is 9. The van der Waals surface area contributed by atoms with Crippen LogP contribution in [0, 0.1) is 5.92 Å². The summed E-state index contributed by atoms with van der Waals surface area (Å²) in [5, 5.41) is 8.09. The Labute approximate surface area is 331 Å². The van der Waals surface area contributed by atoms with Crippen LogP contribution in [0.25, 0.3) is 10.8 Å². The largest absolute Gasteiger partial charge is 0.446 e. The van der Waals surface area contributed by atoms with Gasteiger partial charge >= 0.3 is 6.09 Å². The third-order valence-electron chi connectivity index (χ3n) is 12.1. The summed E-state index contributed by atoms with van der Waals surface area (Å²) in [5.41, 5.74) is 0.749. The number of aromatic nitrogens is 1. The van der Waals surface area contributed by atoms with Crippen molar-refractivity contribution in [3.63, 3.8) is 0 Å². The van der Waals surface area contributed by atoms with Crippen molar-refractivity contribution < 1.29 is 32.3 Å². The number of carbonyl (C=O) groups is 4. The molecule has 5 aliphatic rings. The summed E-state index contributed by atoms with van der Waals surface area (Å²) >= 11 is 6.17. The standard InChI is InChI=1S/C41H47ClN6O7S/c42-32-18-19-43-22-35(32)56(53,54)46-39(51)41-21-29(41)14-4-2-1-3-5-17-33(44-40(52)55-31-15-6-7-16-31)38(50)48-25-30(20-34(48)37(49)45-41)47-23-27-12-8-10-26-11-9-13-28(24-47)36(26)27/h4,8-14,18-19,22,29-31,33-34H,1-3,5-7,15-17,20-21,23-25H2,(H,44,52)(H,45,49)(H,46,51)/b14-4+/t29?,30-,33?,34?,41?/m1/s1. The van der Waals surface area contributed by atoms with Crippen molar-refractivity contribution in [1.29, 1.82) is 0 Å². The number of halogens is 1. The van der Waals surface area contributed by atoms with E-state index >= 15 is 0 Å². The molecular weight excluding hydrogens is 756 g/mol. The third-order valence-corrected chi connectivity index (χ3v) is 13.9. The van der Waals surface area contributed by atoms with E-state index in [1.165, 1.54) is 17.6 Å². The van der Waals surface area contributed by atoms with Gasteiger partial charge in [-0.2, -0.15) is 0 Å². The molecule has 2 aromatic carbocycles. The van der Waals surface area contributed by atoms with Crippen molar-refractivity contribution in [3.05, 3.63) is 83.2 Å². The SMILES string of the molecule is O=C(NC1CCCCC/C=C/C2CC2(C(=O)NS(=O)(=O)c2cnccc2Cl)NC(=O)C2C[C@@H](N3Cc4cccc5cccc(c45)C3)CN2C1=O)OC1CCCC1. The normalized spacial score (nSPS) is 28.0. The molecule has 4 amide bonds. The van der Waals surface area contributed by atoms with Gasteiger partial charge in [-0.15, -0.1) is 0 Å². The van der Waals surface area contributed by atoms with Crippen LogP contribution < -0.4 is 15.4 Å². The first-order valence-corrected chi connectivity index (χ1v) is 21.5. The lowest BCUT2D eigenvalue weighted by Crippen LogP contribution is -2.58. The van der Waals surface area contributed by atoms with Gasteiger partial charge in [0.05, 0.1) is 5.02 Å². The van der Waals surface area contributed by atoms with Gasteiger partial charge in [0.2, 0.25) is 11.8 Å². The number of pyridine rings is 1. The molecule has 0 spiro atoms. The van der Waals surface area contributed by atoms with Crippen LogP contribution >= 0.6 is 11.6 Å². The molecule has 2 aliphatic carbocycles. The van der Waals surface area contributed by atoms with E-state index in [2.05, 4.69) is 49.5 Å². The fourth-order valence-electron chi connectivity index (χ4n) is 9.04. The predicted molar refractivity (Wildman–Crippen MR) is 209 cm³/mol. The quantitative estimate of drug-likeness (QED) is 0.287. The number of sulfonamides is 1. The van der Waals surface area contributed by atoms with Crippen molar-refractivity contribution in [2.24, 2.45) is 5.92 Å². The summed E-state index contributed by atoms with van der Waals surface area (Å²) in [6, 6.07) is 11.6. The molecule has 0 bridgehead atoms. The van der Waals surface area contributed by atoms with Crippen LogP contribution in [-0.2, 0) is 42.2 Å². The lowest BCUT2D eigenvalue weighted by molar-refractivity contribution is -0.141. The van der Waals surface area contributed by atoms with Gasteiger partial charge in [0.1, 0.15) is 28.6 Å². The minimum absolute atomic E-state index is 0.103. The lowest BCUT2D eigenvalue weighted by Gasteiger charge is -2.34. The zero-order valence-electron chi connectivity index (χ0n) is 31.1. The second-order valence-electron chi connectivity index (χ2n) is 15.8. The molecule has 1 saturated heterocycles. The summed E-state index contributed by atoms with van der Waals surface area (Å²) in [6.45, 7) is 1.47. The molecule has 3 aliphatic heterocycles. The number of rotatable bonds is 6. The number of carbonyl (C=O) groups excluding carboxylic acids is 4. The molecular formula is C41H47ClN6O7S. The van der Waals surface area contributed by atoms with Crippen molar-refractivity contribution in [1.82, 2.24) is 30.1 Å². The number of nitrogens with zero attached hydrogens (tertiary/aromatic N) is 3. The van der Waals surface area contributed by atoms with Gasteiger partial charge in [-0.05, 0) is 85.8 Å². The van der Waals surface area contributed by atoms with Gasteiger partial charge in [0, 0.05) is 44.0 Å². The van der Waals surface area contributed by atoms with E-state index in [9.17, 15) is 27.6 Å². The molecule has 296 valence electrons. The molecule has 2 saturated carbocycles. The zero-order valence-corrected chi connectivity index (χ0v) is 32.7. The molecule has 56 heavy (non-hydrogen) atoms. The fraction of sp³-hybridized carbons (Fsp3) is 0.488. The second kappa shape index (κ2) is 15.8. The maximum Gasteiger partial charge on any atom is 0.408 e. The summed E-state index contributed by atoms with van der Waals surface area (Å²) in [7, 11) is -4.44. The van der Waals surface area contributed by atoms with Gasteiger partial charge in [-0.1, -0.05) is 73.0 Å². The van der Waals surface area contributed by atoms with E-state index in [-0.39, 0.29) is 47.4 Å². The first-order chi connectivity index (χ1) is 27.0. The van der Waals surface area contributed by atoms with Crippen molar-refractivity contribution in [2.45, 2.75) is 118 Å². The fourth-order valence-corrected chi connectivity index (χ4v) is 10.5. The number of fused-ring (bicyclic) bond motifs is 2. The number of hydrogen-bond donors (Lipinski definition) is 3. The van der Waals surface area contributed by atoms with E-state index in [0.29, 0.717) is 32.4 Å². The Morgan fingerprint density at radius 1 is 0.964 bits per heavy atom. The Balaban J connectivity index is 1.09. The van der Waals surface area contributed by atoms with Gasteiger partial charge in [-0.3, -0.25) is 24.3 Å². The van der Waals surface area contributed by atoms with Crippen LogP contribution in [0.2, 0.25) is 5.02 Å². The molecule has 15 heteroatoms. The maximum absolute atomic E-state index is 14.7. The van der Waals surface area contributed by atoms with Crippen LogP contribution in [0.15, 0.2) is 71.9 Å². The van der Waals surface area contributed by atoms with Crippen LogP contribution in [0.4, 0.5) is 4.79 Å². The molecule has 1 aromatic heterocycles. The Bertz CT molecular complexity index is 2140. The number of nitrogens with one attached hydrogen (secondary N) is 3. The Morgan fingerprint density at radius 3 is 2.43 bits per heavy atom. The molecule has 3 aromatic rings. The average molecular weight is 803 g/mol. The molecule has 5 atom stereocenters. The van der Waals surface area contributed by atoms with Gasteiger partial charge < -0.3 is 20.3 Å². The van der Waals surface area contributed by atoms with E-state index in [1.807, 2.05) is 24.3 Å². The van der Waals surface area contributed by atoms with E-state index in [4.69, 9.17) is 16.3 Å². The Hall–Kier alpha value is -4.53. The topological polar surface area (TPSA) is 167 Å². The molecule has 3 fully saturated rings. The van der Waals surface area contributed by atoms with Crippen molar-refractivity contribution in [2.75, 3.05) is 6.54 Å². The zero-order chi connectivity index (χ0) is 39.0. The molecule has 3 N–H and O–H groups in total. The molecule has 8 rings (SSSR count). The lowest BCUT2D eigenvalue weighted by atomic mass is 9.94. The Kier molecular flexibility index (Phi) is 10.8. The highest BCUT2D eigenvalue weighted by molar-refractivity contribution is 7.90. The predicted octanol–water partition coefficient (Wildman–Crippen LogP) is 5.11. The second-order valence-corrected chi connectivity index (χ2v) is 17.9. The van der Waals surface area contributed by atoms with E-state index in [1.54, 1.807) is 4.90 Å². The first kappa shape index (κ1) is 38.3. The van der Waals surface area contributed by atoms with E-state index in [0.717, 1.165) is 61.2 Å². The molecule has 4 unspecified atom stereocenters. The number of ether oxygens (including phenoxy) is 1. The highest BCUT2D eigenvalue weighted by Gasteiger charge is 2.62. The van der Waals surface area contributed by atoms with Crippen LogP contribution in [0.1, 0.15) is 81.8 Å². The number of benzene rings is 2. The molecule has 13 nitrogen and oxygen atoms in total. The first-order valence-electron chi connectivity index (χ1n) is 19.7. The monoisotopic (exact) mass is 802 g/mol. The maximum atomic E-state index is 14.7. The highest BCUT2D eigenvalue weighted by Crippen LogP contribution is 2.46. The molecule has 4 heterocycles. The minimum atomic E-state index is -4.44. The highest BCUT2D eigenvalue weighted by atomic mass is 35.5. The summed E-state index contributed by atoms with van der Waals surface area (Å²) in [6.07, 6.45) is 12.7. The van der Waals surface area contributed by atoms with Crippen LogP contribution in [0.3, 0.4) is 0 Å². The smallest absolute Gasteiger partial charge is 0.408 e. The van der Waals surface area contributed by atoms with E-state index < -0.39 is 51.5 Å². The summed E-state index contributed by atoms with van der Waals surface area (Å²) in [4.78, 5) is 63.9. The minimum Gasteiger partial charge on any atom is -0.446 e. The number of alkyl carbamates (subject to hydrolysis) is 1. The number of amides is 4. The summed E-state index contributed by atoms with van der Waals surface area (Å²) in [5.74, 6) is -2.32. The number of allylic oxidation sites excluding steroid dienone is 1. The van der Waals surface area contributed by atoms with Crippen molar-refractivity contribution in [3.8, 4) is 0 Å². The van der Waals surface area contributed by atoms with Gasteiger partial charge in [0.25, 0.3) is 15.9 Å². The van der Waals surface area contributed by atoms with Crippen LogP contribution in [0.5, 0.6) is 0 Å². The van der Waals surface area contributed by atoms with Gasteiger partial charge in [-0.25, -0.2) is 17.9 Å². The average Bonchev–Trinajstić information content (AvgIpc) is 3.46. The van der Waals surface area contributed by atoms with Gasteiger partial charge in [0.15, 0.2) is 0 Å². The van der Waals surface area contributed by atoms with Crippen molar-refractivity contribution >= 4 is 56.2 Å². The third kappa shape index (κ3) is 7.75. The van der Waals surface area contributed by atoms with Crippen LogP contribution in [-0.4, -0.2) is 83.3 Å².